The molecule has 0 radical (unpaired) electrons. The number of pyridine rings is 1. The monoisotopic (exact) mass is 255 g/mol. The maximum absolute atomic E-state index is 12.3. The van der Waals surface area contributed by atoms with Gasteiger partial charge in [-0.15, -0.1) is 0 Å². The molecule has 4 nitrogen and oxygen atoms in total. The van der Waals surface area contributed by atoms with E-state index in [9.17, 15) is 4.79 Å². The Balaban J connectivity index is 1.87. The molecule has 1 aromatic heterocycles. The fourth-order valence-corrected chi connectivity index (χ4v) is 2.66. The largest absolute Gasteiger partial charge is 0.323 e. The number of rotatable bonds is 2. The highest BCUT2D eigenvalue weighted by Gasteiger charge is 2.27. The number of amides is 1. The number of hydrogen-bond donors (Lipinski definition) is 1. The third kappa shape index (κ3) is 2.31. The van der Waals surface area contributed by atoms with Gasteiger partial charge in [0.05, 0.1) is 17.2 Å². The summed E-state index contributed by atoms with van der Waals surface area (Å²) in [4.78, 5) is 18.7. The fourth-order valence-electron chi connectivity index (χ4n) is 2.66. The summed E-state index contributed by atoms with van der Waals surface area (Å²) in [5.74, 6) is 0.0677. The van der Waals surface area contributed by atoms with Crippen molar-refractivity contribution < 1.29 is 4.79 Å². The highest BCUT2D eigenvalue weighted by molar-refractivity contribution is 6.02. The first-order valence-corrected chi connectivity index (χ1v) is 6.60. The van der Waals surface area contributed by atoms with Crippen LogP contribution < -0.4 is 5.32 Å². The Labute approximate surface area is 112 Å². The van der Waals surface area contributed by atoms with Crippen molar-refractivity contribution in [3.05, 3.63) is 36.5 Å². The van der Waals surface area contributed by atoms with Gasteiger partial charge in [-0.3, -0.25) is 14.7 Å². The average Bonchev–Trinajstić information content (AvgIpc) is 2.85. The lowest BCUT2D eigenvalue weighted by molar-refractivity contribution is -0.119. The molecule has 1 fully saturated rings. The lowest BCUT2D eigenvalue weighted by atomic mass is 10.1. The standard InChI is InChI=1S/C15H17N3O/c1-18-10-4-8-13(18)15(19)17-12-7-2-5-11-6-3-9-16-14(11)12/h2-3,5-7,9,13H,4,8,10H2,1H3,(H,17,19)/t13-/m1/s1. The predicted octanol–water partition coefficient (Wildman–Crippen LogP) is 2.27. The minimum absolute atomic E-state index is 0.0148. The van der Waals surface area contributed by atoms with E-state index in [0.29, 0.717) is 0 Å². The summed E-state index contributed by atoms with van der Waals surface area (Å²) in [6.45, 7) is 0.992. The highest BCUT2D eigenvalue weighted by Crippen LogP contribution is 2.22. The number of likely N-dealkylation sites (N-methyl/N-ethyl adjacent to an activating group) is 1. The zero-order valence-electron chi connectivity index (χ0n) is 11.0. The molecule has 4 heteroatoms. The minimum Gasteiger partial charge on any atom is -0.323 e. The first kappa shape index (κ1) is 12.1. The molecule has 19 heavy (non-hydrogen) atoms. The zero-order valence-corrected chi connectivity index (χ0v) is 11.0. The number of nitrogens with zero attached hydrogens (tertiary/aromatic N) is 2. The summed E-state index contributed by atoms with van der Waals surface area (Å²) in [6.07, 6.45) is 3.77. The molecule has 0 saturated carbocycles. The van der Waals surface area contributed by atoms with Gasteiger partial charge in [0.1, 0.15) is 0 Å². The summed E-state index contributed by atoms with van der Waals surface area (Å²) in [5, 5.41) is 4.06. The van der Waals surface area contributed by atoms with E-state index >= 15 is 0 Å². The lowest BCUT2D eigenvalue weighted by Crippen LogP contribution is -2.37. The normalized spacial score (nSPS) is 19.7. The molecule has 1 N–H and O–H groups in total. The van der Waals surface area contributed by atoms with Gasteiger partial charge in [0, 0.05) is 11.6 Å². The summed E-state index contributed by atoms with van der Waals surface area (Å²) < 4.78 is 0. The van der Waals surface area contributed by atoms with Crippen LogP contribution in [-0.2, 0) is 4.79 Å². The van der Waals surface area contributed by atoms with Gasteiger partial charge in [0.25, 0.3) is 0 Å². The molecule has 1 aliphatic rings. The Kier molecular flexibility index (Phi) is 3.17. The number of likely N-dealkylation sites (tertiary alicyclic amines) is 1. The topological polar surface area (TPSA) is 45.2 Å². The maximum atomic E-state index is 12.3. The molecule has 0 aliphatic carbocycles. The number of anilines is 1. The van der Waals surface area contributed by atoms with Crippen LogP contribution in [0.4, 0.5) is 5.69 Å². The second kappa shape index (κ2) is 4.97. The molecule has 1 aromatic carbocycles. The van der Waals surface area contributed by atoms with Gasteiger partial charge in [-0.25, -0.2) is 0 Å². The van der Waals surface area contributed by atoms with Crippen LogP contribution in [0.2, 0.25) is 0 Å². The molecule has 0 spiro atoms. The Morgan fingerprint density at radius 2 is 2.21 bits per heavy atom. The number of carbonyl (C=O) groups excluding carboxylic acids is 1. The van der Waals surface area contributed by atoms with Crippen LogP contribution in [-0.4, -0.2) is 35.4 Å². The number of fused-ring (bicyclic) bond motifs is 1. The van der Waals surface area contributed by atoms with E-state index in [-0.39, 0.29) is 11.9 Å². The van der Waals surface area contributed by atoms with E-state index in [1.807, 2.05) is 37.4 Å². The number of aromatic nitrogens is 1. The van der Waals surface area contributed by atoms with Crippen molar-refractivity contribution in [2.24, 2.45) is 0 Å². The molecular weight excluding hydrogens is 238 g/mol. The van der Waals surface area contributed by atoms with Gasteiger partial charge in [0.15, 0.2) is 0 Å². The Hall–Kier alpha value is -1.94. The first-order valence-electron chi connectivity index (χ1n) is 6.60. The summed E-state index contributed by atoms with van der Waals surface area (Å²) in [7, 11) is 2.00. The van der Waals surface area contributed by atoms with Crippen molar-refractivity contribution in [2.45, 2.75) is 18.9 Å². The molecule has 98 valence electrons. The molecule has 1 saturated heterocycles. The Morgan fingerprint density at radius 1 is 1.37 bits per heavy atom. The van der Waals surface area contributed by atoms with Crippen molar-refractivity contribution in [1.29, 1.82) is 0 Å². The van der Waals surface area contributed by atoms with Crippen LogP contribution in [0.15, 0.2) is 36.5 Å². The van der Waals surface area contributed by atoms with Crippen LogP contribution in [0.3, 0.4) is 0 Å². The zero-order chi connectivity index (χ0) is 13.2. The van der Waals surface area contributed by atoms with Crippen molar-refractivity contribution >= 4 is 22.5 Å². The molecule has 0 bridgehead atoms. The number of nitrogens with one attached hydrogen (secondary N) is 1. The predicted molar refractivity (Wildman–Crippen MR) is 76.0 cm³/mol. The second-order valence-electron chi connectivity index (χ2n) is 5.01. The van der Waals surface area contributed by atoms with Gasteiger partial charge >= 0.3 is 0 Å². The van der Waals surface area contributed by atoms with Crippen LogP contribution in [0.5, 0.6) is 0 Å². The minimum atomic E-state index is -0.0148. The number of benzene rings is 1. The van der Waals surface area contributed by atoms with Crippen molar-refractivity contribution in [3.63, 3.8) is 0 Å². The van der Waals surface area contributed by atoms with Crippen molar-refractivity contribution in [2.75, 3.05) is 18.9 Å². The van der Waals surface area contributed by atoms with Crippen LogP contribution in [0.25, 0.3) is 10.9 Å². The van der Waals surface area contributed by atoms with E-state index in [0.717, 1.165) is 36.0 Å². The van der Waals surface area contributed by atoms with Gasteiger partial charge in [-0.1, -0.05) is 18.2 Å². The Bertz CT molecular complexity index is 606. The number of carbonyl (C=O) groups is 1. The number of para-hydroxylation sites is 1. The first-order chi connectivity index (χ1) is 9.25. The van der Waals surface area contributed by atoms with Gasteiger partial charge < -0.3 is 5.32 Å². The van der Waals surface area contributed by atoms with Gasteiger partial charge in [-0.05, 0) is 38.6 Å². The molecular formula is C15H17N3O. The van der Waals surface area contributed by atoms with Crippen molar-refractivity contribution in [1.82, 2.24) is 9.88 Å². The summed E-state index contributed by atoms with van der Waals surface area (Å²) >= 11 is 0. The lowest BCUT2D eigenvalue weighted by Gasteiger charge is -2.19. The second-order valence-corrected chi connectivity index (χ2v) is 5.01. The summed E-state index contributed by atoms with van der Waals surface area (Å²) in [6, 6.07) is 9.73. The molecule has 2 heterocycles. The fraction of sp³-hybridized carbons (Fsp3) is 0.333. The van der Waals surface area contributed by atoms with Crippen LogP contribution >= 0.6 is 0 Å². The van der Waals surface area contributed by atoms with E-state index in [2.05, 4.69) is 15.2 Å². The Morgan fingerprint density at radius 3 is 3.00 bits per heavy atom. The molecule has 1 amide bonds. The molecule has 2 aromatic rings. The molecule has 1 atom stereocenters. The van der Waals surface area contributed by atoms with Crippen LogP contribution in [0.1, 0.15) is 12.8 Å². The van der Waals surface area contributed by atoms with E-state index in [1.165, 1.54) is 0 Å². The third-order valence-electron chi connectivity index (χ3n) is 3.71. The quantitative estimate of drug-likeness (QED) is 0.895. The highest BCUT2D eigenvalue weighted by atomic mass is 16.2. The molecule has 0 unspecified atom stereocenters. The summed E-state index contributed by atoms with van der Waals surface area (Å²) in [5.41, 5.74) is 1.64. The maximum Gasteiger partial charge on any atom is 0.241 e. The van der Waals surface area contributed by atoms with Gasteiger partial charge in [-0.2, -0.15) is 0 Å². The van der Waals surface area contributed by atoms with Crippen LogP contribution in [0, 0.1) is 0 Å². The van der Waals surface area contributed by atoms with E-state index in [1.54, 1.807) is 6.20 Å². The van der Waals surface area contributed by atoms with E-state index in [4.69, 9.17) is 0 Å². The van der Waals surface area contributed by atoms with Gasteiger partial charge in [0.2, 0.25) is 5.91 Å². The number of hydrogen-bond acceptors (Lipinski definition) is 3. The molecule has 3 rings (SSSR count). The molecule has 1 aliphatic heterocycles. The SMILES string of the molecule is CN1CCC[C@@H]1C(=O)Nc1cccc2cccnc12. The third-order valence-corrected chi connectivity index (χ3v) is 3.71. The van der Waals surface area contributed by atoms with Crippen molar-refractivity contribution in [3.8, 4) is 0 Å². The van der Waals surface area contributed by atoms with E-state index < -0.39 is 0 Å². The smallest absolute Gasteiger partial charge is 0.241 e. The average molecular weight is 255 g/mol.